The van der Waals surface area contributed by atoms with Gasteiger partial charge in [-0.25, -0.2) is 18.6 Å². The zero-order valence-electron chi connectivity index (χ0n) is 23.0. The van der Waals surface area contributed by atoms with Gasteiger partial charge in [0.25, 0.3) is 0 Å². The van der Waals surface area contributed by atoms with Crippen LogP contribution in [0.4, 0.5) is 0 Å². The number of aliphatic imine (C=N–C) groups is 2. The molecule has 0 aliphatic heterocycles. The third-order valence-electron chi connectivity index (χ3n) is 4.56. The summed E-state index contributed by atoms with van der Waals surface area (Å²) in [4.78, 5) is 24.7. The summed E-state index contributed by atoms with van der Waals surface area (Å²) in [5.74, 6) is 0. The Morgan fingerprint density at radius 1 is 0.568 bits per heavy atom. The molecule has 0 aliphatic rings. The van der Waals surface area contributed by atoms with Crippen LogP contribution in [-0.4, -0.2) is 55.8 Å². The molecule has 0 radical (unpaired) electrons. The largest absolute Gasteiger partial charge is 3.00 e. The Labute approximate surface area is 277 Å². The molecule has 0 saturated carbocycles. The van der Waals surface area contributed by atoms with Crippen LogP contribution < -0.4 is 29.5 Å². The first-order chi connectivity index (χ1) is 20.6. The van der Waals surface area contributed by atoms with Gasteiger partial charge < -0.3 is 25.3 Å². The molecule has 0 spiro atoms. The molecule has 0 amide bonds. The maximum atomic E-state index is 8.49. The van der Waals surface area contributed by atoms with Crippen LogP contribution in [0.2, 0.25) is 0 Å². The van der Waals surface area contributed by atoms with Gasteiger partial charge in [0.1, 0.15) is 11.4 Å². The molecule has 4 heterocycles. The van der Waals surface area contributed by atoms with E-state index in [2.05, 4.69) is 51.0 Å². The predicted octanol–water partition coefficient (Wildman–Crippen LogP) is -2.06. The fraction of sp³-hybridized carbons (Fsp3) is 0.0769. The second-order valence-electron chi connectivity index (χ2n) is 7.44. The Morgan fingerprint density at radius 2 is 0.818 bits per heavy atom. The monoisotopic (exact) mass is 698 g/mol. The van der Waals surface area contributed by atoms with Crippen molar-refractivity contribution in [2.75, 3.05) is 14.1 Å². The van der Waals surface area contributed by atoms with Crippen molar-refractivity contribution in [3.63, 3.8) is 0 Å². The van der Waals surface area contributed by atoms with Gasteiger partial charge in [0, 0.05) is 38.9 Å². The molecule has 4 aromatic rings. The predicted molar refractivity (Wildman–Crippen MR) is 156 cm³/mol. The molecule has 230 valence electrons. The maximum absolute atomic E-state index is 8.49. The van der Waals surface area contributed by atoms with E-state index >= 15 is 0 Å². The Bertz CT molecular complexity index is 1300. The normalized spacial score (nSPS) is 10.8. The van der Waals surface area contributed by atoms with E-state index in [4.69, 9.17) is 43.9 Å². The minimum atomic E-state index is -4.94. The zero-order chi connectivity index (χ0) is 31.5. The zero-order valence-corrected chi connectivity index (χ0v) is 26.4. The number of aromatic nitrogens is 4. The van der Waals surface area contributed by atoms with Crippen molar-refractivity contribution in [3.05, 3.63) is 120 Å². The molecule has 0 fully saturated rings. The minimum absolute atomic E-state index is 0. The van der Waals surface area contributed by atoms with Crippen molar-refractivity contribution in [2.45, 2.75) is 0 Å². The molecule has 14 nitrogen and oxygen atoms in total. The van der Waals surface area contributed by atoms with E-state index in [0.717, 1.165) is 0 Å². The first-order valence-electron chi connectivity index (χ1n) is 11.8. The summed E-state index contributed by atoms with van der Waals surface area (Å²) in [6, 6.07) is 22.4. The molecule has 0 unspecified atom stereocenters. The molecule has 0 aliphatic carbocycles. The average molecular weight is 699 g/mol. The van der Waals surface area contributed by atoms with Crippen molar-refractivity contribution in [3.8, 4) is 0 Å². The second-order valence-corrected chi connectivity index (χ2v) is 8.97. The molecular weight excluding hydrogens is 675 g/mol. The van der Waals surface area contributed by atoms with Gasteiger partial charge in [0.15, 0.2) is 0 Å². The van der Waals surface area contributed by atoms with E-state index in [1.54, 1.807) is 38.9 Å². The van der Waals surface area contributed by atoms with Crippen LogP contribution in [0.5, 0.6) is 0 Å². The van der Waals surface area contributed by atoms with E-state index in [1.165, 1.54) is 0 Å². The topological polar surface area (TPSA) is 217 Å². The molecule has 0 atom stereocenters. The number of pyridine rings is 4. The second kappa shape index (κ2) is 20.8. The number of rotatable bonds is 6. The average Bonchev–Trinajstić information content (AvgIpc) is 3.02. The Morgan fingerprint density at radius 3 is 1.00 bits per heavy atom. The van der Waals surface area contributed by atoms with Crippen LogP contribution in [0.15, 0.2) is 118 Å². The molecule has 2 N–H and O–H groups in total. The van der Waals surface area contributed by atoms with E-state index < -0.39 is 10.2 Å². The molecule has 0 aromatic carbocycles. The number of nitrogens with one attached hydrogen (secondary N) is 2. The van der Waals surface area contributed by atoms with Crippen LogP contribution in [0.1, 0.15) is 22.8 Å². The summed E-state index contributed by atoms with van der Waals surface area (Å²) >= 11 is 9.90. The molecule has 0 bridgehead atoms. The van der Waals surface area contributed by atoms with Crippen LogP contribution in [-0.2, 0) is 42.0 Å². The van der Waals surface area contributed by atoms with E-state index in [0.29, 0.717) is 44.5 Å². The van der Waals surface area contributed by atoms with Crippen LogP contribution >= 0.6 is 0 Å². The fourth-order valence-electron chi connectivity index (χ4n) is 2.81. The molecular formula is C26H24ClCoN10O4S2. The number of hydrogen-bond acceptors (Lipinski definition) is 14. The van der Waals surface area contributed by atoms with Gasteiger partial charge in [0.2, 0.25) is 0 Å². The number of amidine groups is 2. The summed E-state index contributed by atoms with van der Waals surface area (Å²) in [6.07, 6.45) is 6.82. The number of nitrogens with zero attached hydrogens (tertiary/aromatic N) is 8. The Balaban J connectivity index is 0.000000375. The summed E-state index contributed by atoms with van der Waals surface area (Å²) in [7, 11) is -1.74. The standard InChI is InChI=1S/2C13H13N5S.ClHO4.Co/c2*1-14-13(19)18-17-12(10-6-2-4-8-15-10)11-7-3-5-9-16-11;2-1(3,4)5;/h2*2-9H,1H3,(H2,14,18,19);(H,2,3,4,5);/q;;;+3/p-3. The van der Waals surface area contributed by atoms with Crippen molar-refractivity contribution in [1.82, 2.24) is 30.8 Å². The third kappa shape index (κ3) is 15.4. The molecule has 4 aromatic heterocycles. The first kappa shape index (κ1) is 38.0. The van der Waals surface area contributed by atoms with Crippen LogP contribution in [0, 0.1) is 10.2 Å². The smallest absolute Gasteiger partial charge is 0.741 e. The van der Waals surface area contributed by atoms with Gasteiger partial charge in [0.05, 0.1) is 22.8 Å². The fourth-order valence-corrected chi connectivity index (χ4v) is 2.90. The third-order valence-corrected chi connectivity index (χ3v) is 5.11. The summed E-state index contributed by atoms with van der Waals surface area (Å²) in [5.41, 5.74) is 9.50. The van der Waals surface area contributed by atoms with Crippen LogP contribution in [0.3, 0.4) is 0 Å². The Hall–Kier alpha value is -4.04. The van der Waals surface area contributed by atoms with E-state index in [9.17, 15) is 0 Å². The van der Waals surface area contributed by atoms with E-state index in [1.807, 2.05) is 72.8 Å². The summed E-state index contributed by atoms with van der Waals surface area (Å²) in [6.45, 7) is 0. The van der Waals surface area contributed by atoms with E-state index in [-0.39, 0.29) is 16.8 Å². The van der Waals surface area contributed by atoms with Gasteiger partial charge in [-0.2, -0.15) is 10.2 Å². The quantitative estimate of drug-likeness (QED) is 0.0962. The van der Waals surface area contributed by atoms with Crippen molar-refractivity contribution in [2.24, 2.45) is 20.2 Å². The maximum Gasteiger partial charge on any atom is 3.00 e. The van der Waals surface area contributed by atoms with Crippen molar-refractivity contribution >= 4 is 47.0 Å². The van der Waals surface area contributed by atoms with Crippen molar-refractivity contribution < 1.29 is 45.7 Å². The minimum Gasteiger partial charge on any atom is -0.741 e. The number of hydrogen-bond donors (Lipinski definition) is 2. The molecule has 44 heavy (non-hydrogen) atoms. The van der Waals surface area contributed by atoms with Gasteiger partial charge in [-0.3, -0.25) is 40.8 Å². The van der Waals surface area contributed by atoms with Gasteiger partial charge in [-0.1, -0.05) is 24.3 Å². The van der Waals surface area contributed by atoms with Gasteiger partial charge in [-0.15, -0.1) is 10.2 Å². The SMILES string of the molecule is CN=C([S-])NN=C(c1ccccn1)c1ccccn1.CN=C([S-])NN=C(c1ccccn1)c1ccccn1.[Co+3].[O-][Cl+3]([O-])([O-])[O-]. The van der Waals surface area contributed by atoms with Gasteiger partial charge in [-0.05, 0) is 58.9 Å². The summed E-state index contributed by atoms with van der Waals surface area (Å²) < 4.78 is 34.0. The molecule has 4 rings (SSSR count). The van der Waals surface area contributed by atoms with Gasteiger partial charge >= 0.3 is 16.8 Å². The summed E-state index contributed by atoms with van der Waals surface area (Å²) in [5, 5.41) is 9.10. The first-order valence-corrected chi connectivity index (χ1v) is 13.9. The molecule has 0 saturated heterocycles. The van der Waals surface area contributed by atoms with Crippen molar-refractivity contribution in [1.29, 1.82) is 0 Å². The molecule has 18 heteroatoms. The number of hydrazone groups is 2. The number of halogens is 1. The Kier molecular flexibility index (Phi) is 17.9. The van der Waals surface area contributed by atoms with Crippen LogP contribution in [0.25, 0.3) is 0 Å².